The summed E-state index contributed by atoms with van der Waals surface area (Å²) in [5.74, 6) is 0. The van der Waals surface area contributed by atoms with Crippen molar-refractivity contribution in [1.29, 1.82) is 0 Å². The maximum absolute atomic E-state index is 2.17. The predicted octanol–water partition coefficient (Wildman–Crippen LogP) is 3.58. The van der Waals surface area contributed by atoms with Crippen molar-refractivity contribution < 1.29 is 0 Å². The second-order valence-electron chi connectivity index (χ2n) is 2.80. The highest BCUT2D eigenvalue weighted by Crippen LogP contribution is 2.05. The van der Waals surface area contributed by atoms with E-state index in [2.05, 4.69) is 43.3 Å². The molecule has 0 bridgehead atoms. The van der Waals surface area contributed by atoms with Crippen molar-refractivity contribution in [2.24, 2.45) is 0 Å². The van der Waals surface area contributed by atoms with Crippen molar-refractivity contribution in [3.8, 4) is 0 Å². The van der Waals surface area contributed by atoms with Crippen LogP contribution in [0, 0.1) is 6.92 Å². The minimum Gasteiger partial charge on any atom is -0.0877 e. The number of allylic oxidation sites excluding steroid dienone is 3. The quantitative estimate of drug-likeness (QED) is 0.577. The van der Waals surface area contributed by atoms with Crippen LogP contribution in [0.5, 0.6) is 0 Å². The Morgan fingerprint density at radius 1 is 1.17 bits per heavy atom. The molecule has 0 unspecified atom stereocenters. The van der Waals surface area contributed by atoms with E-state index >= 15 is 0 Å². The van der Waals surface area contributed by atoms with Crippen LogP contribution in [-0.2, 0) is 0 Å². The van der Waals surface area contributed by atoms with Gasteiger partial charge in [-0.3, -0.25) is 0 Å². The van der Waals surface area contributed by atoms with Gasteiger partial charge in [-0.15, -0.1) is 0 Å². The van der Waals surface area contributed by atoms with E-state index in [1.807, 2.05) is 19.1 Å². The van der Waals surface area contributed by atoms with Crippen LogP contribution >= 0.6 is 0 Å². The van der Waals surface area contributed by atoms with Crippen LogP contribution in [-0.4, -0.2) is 0 Å². The molecule has 1 aromatic carbocycles. The maximum Gasteiger partial charge on any atom is -0.0254 e. The lowest BCUT2D eigenvalue weighted by molar-refractivity contribution is 1.46. The Morgan fingerprint density at radius 2 is 2.00 bits per heavy atom. The molecular weight excluding hydrogens is 144 g/mol. The number of aryl methyl sites for hydroxylation is 1. The van der Waals surface area contributed by atoms with Crippen molar-refractivity contribution in [3.05, 3.63) is 53.6 Å². The molecule has 0 saturated heterocycles. The molecule has 0 aromatic heterocycles. The molecule has 0 radical (unpaired) electrons. The third-order valence-electron chi connectivity index (χ3n) is 1.63. The molecular formula is C12H14. The summed E-state index contributed by atoms with van der Waals surface area (Å²) in [6.45, 7) is 4.12. The first kappa shape index (κ1) is 8.79. The highest BCUT2D eigenvalue weighted by Gasteiger charge is 1.84. The van der Waals surface area contributed by atoms with Gasteiger partial charge in [-0.1, -0.05) is 54.1 Å². The summed E-state index contributed by atoms with van der Waals surface area (Å²) in [5, 5.41) is 0. The topological polar surface area (TPSA) is 0 Å². The third-order valence-corrected chi connectivity index (χ3v) is 1.63. The van der Waals surface area contributed by atoms with Gasteiger partial charge in [-0.25, -0.2) is 0 Å². The molecule has 0 spiro atoms. The zero-order valence-electron chi connectivity index (χ0n) is 7.62. The molecule has 0 N–H and O–H groups in total. The standard InChI is InChI=1S/C12H14/c1-3-4-5-8-12-9-6-7-11(2)10-12/h3-10H,1-2H3/b4-3+,8-5-. The number of hydrogen-bond acceptors (Lipinski definition) is 0. The summed E-state index contributed by atoms with van der Waals surface area (Å²) in [6, 6.07) is 8.45. The summed E-state index contributed by atoms with van der Waals surface area (Å²) < 4.78 is 0. The Kier molecular flexibility index (Phi) is 3.34. The molecule has 0 aliphatic rings. The molecule has 0 amide bonds. The zero-order chi connectivity index (χ0) is 8.81. The van der Waals surface area contributed by atoms with Crippen LogP contribution in [0.15, 0.2) is 42.5 Å². The molecule has 1 aromatic rings. The highest BCUT2D eigenvalue weighted by atomic mass is 13.9. The zero-order valence-corrected chi connectivity index (χ0v) is 7.62. The van der Waals surface area contributed by atoms with Crippen molar-refractivity contribution >= 4 is 6.08 Å². The smallest absolute Gasteiger partial charge is 0.0254 e. The second kappa shape index (κ2) is 4.55. The van der Waals surface area contributed by atoms with Crippen molar-refractivity contribution in [2.75, 3.05) is 0 Å². The van der Waals surface area contributed by atoms with E-state index in [1.54, 1.807) is 0 Å². The molecule has 1 rings (SSSR count). The van der Waals surface area contributed by atoms with E-state index in [9.17, 15) is 0 Å². The molecule has 0 atom stereocenters. The summed E-state index contributed by atoms with van der Waals surface area (Å²) in [6.07, 6.45) is 8.20. The number of benzene rings is 1. The van der Waals surface area contributed by atoms with Gasteiger partial charge in [0.1, 0.15) is 0 Å². The van der Waals surface area contributed by atoms with E-state index in [0.29, 0.717) is 0 Å². The Hall–Kier alpha value is -1.30. The van der Waals surface area contributed by atoms with Gasteiger partial charge in [-0.05, 0) is 19.4 Å². The lowest BCUT2D eigenvalue weighted by atomic mass is 10.1. The van der Waals surface area contributed by atoms with E-state index in [1.165, 1.54) is 11.1 Å². The van der Waals surface area contributed by atoms with Crippen LogP contribution in [0.4, 0.5) is 0 Å². The largest absolute Gasteiger partial charge is 0.0877 e. The van der Waals surface area contributed by atoms with Crippen LogP contribution in [0.25, 0.3) is 6.08 Å². The van der Waals surface area contributed by atoms with Gasteiger partial charge in [0.25, 0.3) is 0 Å². The van der Waals surface area contributed by atoms with Gasteiger partial charge in [0.05, 0.1) is 0 Å². The molecule has 0 aliphatic heterocycles. The van der Waals surface area contributed by atoms with Crippen LogP contribution in [0.2, 0.25) is 0 Å². The second-order valence-corrected chi connectivity index (χ2v) is 2.80. The van der Waals surface area contributed by atoms with E-state index in [0.717, 1.165) is 0 Å². The van der Waals surface area contributed by atoms with Gasteiger partial charge < -0.3 is 0 Å². The van der Waals surface area contributed by atoms with Crippen molar-refractivity contribution in [1.82, 2.24) is 0 Å². The van der Waals surface area contributed by atoms with Crippen LogP contribution in [0.1, 0.15) is 18.1 Å². The SMILES string of the molecule is C/C=C/C=C\c1cccc(C)c1. The van der Waals surface area contributed by atoms with Crippen LogP contribution in [0.3, 0.4) is 0 Å². The van der Waals surface area contributed by atoms with Gasteiger partial charge in [0.2, 0.25) is 0 Å². The first-order valence-corrected chi connectivity index (χ1v) is 4.19. The minimum atomic E-state index is 1.26. The van der Waals surface area contributed by atoms with E-state index in [-0.39, 0.29) is 0 Å². The fourth-order valence-corrected chi connectivity index (χ4v) is 1.05. The highest BCUT2D eigenvalue weighted by molar-refractivity contribution is 5.51. The van der Waals surface area contributed by atoms with Crippen LogP contribution < -0.4 is 0 Å². The van der Waals surface area contributed by atoms with Gasteiger partial charge >= 0.3 is 0 Å². The Morgan fingerprint density at radius 3 is 2.67 bits per heavy atom. The minimum absolute atomic E-state index is 1.26. The lowest BCUT2D eigenvalue weighted by Gasteiger charge is -1.93. The molecule has 12 heavy (non-hydrogen) atoms. The van der Waals surface area contributed by atoms with Gasteiger partial charge in [0, 0.05) is 0 Å². The average Bonchev–Trinajstić information content (AvgIpc) is 2.05. The summed E-state index contributed by atoms with van der Waals surface area (Å²) in [4.78, 5) is 0. The summed E-state index contributed by atoms with van der Waals surface area (Å²) >= 11 is 0. The van der Waals surface area contributed by atoms with E-state index in [4.69, 9.17) is 0 Å². The first-order valence-electron chi connectivity index (χ1n) is 4.19. The monoisotopic (exact) mass is 158 g/mol. The fourth-order valence-electron chi connectivity index (χ4n) is 1.05. The van der Waals surface area contributed by atoms with Gasteiger partial charge in [0.15, 0.2) is 0 Å². The molecule has 0 aliphatic carbocycles. The number of hydrogen-bond donors (Lipinski definition) is 0. The van der Waals surface area contributed by atoms with Crippen molar-refractivity contribution in [3.63, 3.8) is 0 Å². The van der Waals surface area contributed by atoms with Gasteiger partial charge in [-0.2, -0.15) is 0 Å². The lowest BCUT2D eigenvalue weighted by Crippen LogP contribution is -1.73. The normalized spacial score (nSPS) is 11.5. The molecule has 62 valence electrons. The average molecular weight is 158 g/mol. The molecule has 0 saturated carbocycles. The third kappa shape index (κ3) is 2.75. The molecule has 0 fully saturated rings. The fraction of sp³-hybridized carbons (Fsp3) is 0.167. The van der Waals surface area contributed by atoms with Crippen molar-refractivity contribution in [2.45, 2.75) is 13.8 Å². The van der Waals surface area contributed by atoms with E-state index < -0.39 is 0 Å². The summed E-state index contributed by atoms with van der Waals surface area (Å²) in [5.41, 5.74) is 2.56. The number of rotatable bonds is 2. The molecule has 0 nitrogen and oxygen atoms in total. The Labute approximate surface area is 74.2 Å². The Bertz CT molecular complexity index is 293. The summed E-state index contributed by atoms with van der Waals surface area (Å²) in [7, 11) is 0. The first-order chi connectivity index (χ1) is 5.83. The molecule has 0 heteroatoms. The Balaban J connectivity index is 2.76. The molecule has 0 heterocycles. The predicted molar refractivity (Wildman–Crippen MR) is 55.0 cm³/mol. The maximum atomic E-state index is 2.17.